The van der Waals surface area contributed by atoms with Crippen molar-refractivity contribution in [3.05, 3.63) is 47.3 Å². The van der Waals surface area contributed by atoms with Crippen LogP contribution < -0.4 is 16.0 Å². The van der Waals surface area contributed by atoms with E-state index in [9.17, 15) is 9.90 Å². The normalized spacial score (nSPS) is 14.8. The summed E-state index contributed by atoms with van der Waals surface area (Å²) < 4.78 is 0. The van der Waals surface area contributed by atoms with Crippen molar-refractivity contribution >= 4 is 17.4 Å². The number of hydrogen-bond acceptors (Lipinski definition) is 7. The minimum absolute atomic E-state index is 0.130. The van der Waals surface area contributed by atoms with Gasteiger partial charge >= 0.3 is 0 Å². The quantitative estimate of drug-likeness (QED) is 0.544. The molecule has 1 aliphatic rings. The number of anilines is 2. The van der Waals surface area contributed by atoms with Gasteiger partial charge in [0.05, 0.1) is 5.56 Å². The summed E-state index contributed by atoms with van der Waals surface area (Å²) in [6, 6.07) is 7.01. The number of hydrogen-bond donors (Lipinski definition) is 3. The van der Waals surface area contributed by atoms with Gasteiger partial charge in [0.15, 0.2) is 0 Å². The molecule has 0 radical (unpaired) electrons. The van der Waals surface area contributed by atoms with Gasteiger partial charge in [-0.25, -0.2) is 9.97 Å². The van der Waals surface area contributed by atoms with Crippen molar-refractivity contribution in [3.8, 4) is 11.8 Å². The van der Waals surface area contributed by atoms with Gasteiger partial charge in [0.25, 0.3) is 0 Å². The molecule has 4 N–H and O–H groups in total. The number of nitrogens with two attached hydrogens (primary N) is 1. The van der Waals surface area contributed by atoms with Crippen LogP contribution in [0, 0.1) is 11.8 Å². The van der Waals surface area contributed by atoms with Crippen LogP contribution in [-0.2, 0) is 0 Å². The van der Waals surface area contributed by atoms with Gasteiger partial charge in [-0.1, -0.05) is 17.9 Å². The molecule has 0 atom stereocenters. The van der Waals surface area contributed by atoms with E-state index in [0.717, 1.165) is 38.4 Å². The van der Waals surface area contributed by atoms with Gasteiger partial charge in [0.2, 0.25) is 5.78 Å². The third kappa shape index (κ3) is 5.06. The molecule has 0 saturated carbocycles. The molecule has 1 aliphatic heterocycles. The summed E-state index contributed by atoms with van der Waals surface area (Å²) in [6.45, 7) is 6.78. The molecule has 146 valence electrons. The van der Waals surface area contributed by atoms with Crippen LogP contribution in [0.15, 0.2) is 30.5 Å². The number of rotatable bonds is 3. The molecule has 0 aliphatic carbocycles. The molecular formula is C21H25N5O2. The third-order valence-corrected chi connectivity index (χ3v) is 4.31. The van der Waals surface area contributed by atoms with Crippen molar-refractivity contribution in [2.24, 2.45) is 0 Å². The Morgan fingerprint density at radius 2 is 2.14 bits per heavy atom. The molecule has 1 saturated heterocycles. The van der Waals surface area contributed by atoms with E-state index in [1.54, 1.807) is 26.0 Å². The highest BCUT2D eigenvalue weighted by Gasteiger charge is 2.18. The molecule has 0 unspecified atom stereocenters. The first-order chi connectivity index (χ1) is 13.3. The molecule has 0 amide bonds. The largest absolute Gasteiger partial charge is 0.383 e. The predicted molar refractivity (Wildman–Crippen MR) is 109 cm³/mol. The molecule has 7 nitrogen and oxygen atoms in total. The number of nitrogen functional groups attached to an aromatic ring is 1. The van der Waals surface area contributed by atoms with Crippen LogP contribution >= 0.6 is 0 Å². The third-order valence-electron chi connectivity index (χ3n) is 4.31. The maximum absolute atomic E-state index is 13.0. The molecule has 2 aromatic heterocycles. The Bertz CT molecular complexity index is 916. The zero-order valence-electron chi connectivity index (χ0n) is 16.2. The standard InChI is InChI=1S/C21H25N5O2/c1-21(2,28)8-7-15-13-16(20(22)24-14-15)19(27)17-5-3-6-18(25-17)26-11-4-9-23-10-12-26/h3,5-6,13-14,23,28H,4,9-12H2,1-2H3,(H2,22,24). The minimum atomic E-state index is -1.14. The van der Waals surface area contributed by atoms with Crippen LogP contribution in [0.1, 0.15) is 41.9 Å². The molecule has 3 heterocycles. The Kier molecular flexibility index (Phi) is 5.93. The second kappa shape index (κ2) is 8.38. The number of ketones is 1. The predicted octanol–water partition coefficient (Wildman–Crippen LogP) is 1.21. The van der Waals surface area contributed by atoms with E-state index in [1.807, 2.05) is 12.1 Å². The molecule has 0 aromatic carbocycles. The van der Waals surface area contributed by atoms with Gasteiger partial charge in [-0.3, -0.25) is 4.79 Å². The molecule has 0 spiro atoms. The van der Waals surface area contributed by atoms with E-state index >= 15 is 0 Å². The zero-order chi connectivity index (χ0) is 20.1. The SMILES string of the molecule is CC(C)(O)C#Cc1cnc(N)c(C(=O)c2cccc(N3CCCNCC3)n2)c1. The van der Waals surface area contributed by atoms with Crippen LogP contribution in [0.5, 0.6) is 0 Å². The van der Waals surface area contributed by atoms with E-state index < -0.39 is 5.60 Å². The maximum Gasteiger partial charge on any atom is 0.215 e. The fourth-order valence-corrected chi connectivity index (χ4v) is 2.89. The Morgan fingerprint density at radius 3 is 2.93 bits per heavy atom. The Morgan fingerprint density at radius 1 is 1.32 bits per heavy atom. The fourth-order valence-electron chi connectivity index (χ4n) is 2.89. The smallest absolute Gasteiger partial charge is 0.215 e. The fraction of sp³-hybridized carbons (Fsp3) is 0.381. The van der Waals surface area contributed by atoms with E-state index in [4.69, 9.17) is 5.73 Å². The van der Waals surface area contributed by atoms with Crippen LogP contribution in [0.2, 0.25) is 0 Å². The minimum Gasteiger partial charge on any atom is -0.383 e. The number of carbonyl (C=O) groups excluding carboxylic acids is 1. The molecule has 2 aromatic rings. The lowest BCUT2D eigenvalue weighted by Gasteiger charge is -2.21. The molecule has 7 heteroatoms. The zero-order valence-corrected chi connectivity index (χ0v) is 16.2. The monoisotopic (exact) mass is 379 g/mol. The lowest BCUT2D eigenvalue weighted by Crippen LogP contribution is -2.29. The lowest BCUT2D eigenvalue weighted by molar-refractivity contribution is 0.103. The number of pyridine rings is 2. The van der Waals surface area contributed by atoms with Crippen LogP contribution in [0.4, 0.5) is 11.6 Å². The number of nitrogens with zero attached hydrogens (tertiary/aromatic N) is 3. The molecule has 3 rings (SSSR count). The lowest BCUT2D eigenvalue weighted by atomic mass is 10.1. The summed E-state index contributed by atoms with van der Waals surface area (Å²) in [5, 5.41) is 13.1. The van der Waals surface area contributed by atoms with E-state index in [-0.39, 0.29) is 17.2 Å². The van der Waals surface area contributed by atoms with Crippen LogP contribution in [0.25, 0.3) is 0 Å². The molecule has 0 bridgehead atoms. The van der Waals surface area contributed by atoms with Crippen molar-refractivity contribution < 1.29 is 9.90 Å². The number of aromatic nitrogens is 2. The second-order valence-electron chi connectivity index (χ2n) is 7.27. The summed E-state index contributed by atoms with van der Waals surface area (Å²) in [6.07, 6.45) is 2.51. The van der Waals surface area contributed by atoms with Gasteiger partial charge in [0.1, 0.15) is 22.9 Å². The van der Waals surface area contributed by atoms with Crippen molar-refractivity contribution in [1.82, 2.24) is 15.3 Å². The van der Waals surface area contributed by atoms with Gasteiger partial charge in [-0.2, -0.15) is 0 Å². The Labute approximate surface area is 165 Å². The first kappa shape index (κ1) is 19.8. The number of carbonyl (C=O) groups is 1. The Balaban J connectivity index is 1.89. The number of aliphatic hydroxyl groups is 1. The molecule has 28 heavy (non-hydrogen) atoms. The van der Waals surface area contributed by atoms with Crippen molar-refractivity contribution in [1.29, 1.82) is 0 Å². The first-order valence-corrected chi connectivity index (χ1v) is 9.32. The summed E-state index contributed by atoms with van der Waals surface area (Å²) in [5.74, 6) is 6.14. The average Bonchev–Trinajstić information content (AvgIpc) is 2.96. The molecular weight excluding hydrogens is 354 g/mol. The summed E-state index contributed by atoms with van der Waals surface area (Å²) in [4.78, 5) is 23.8. The molecule has 1 fully saturated rings. The van der Waals surface area contributed by atoms with Crippen molar-refractivity contribution in [2.45, 2.75) is 25.9 Å². The van der Waals surface area contributed by atoms with Gasteiger partial charge in [-0.15, -0.1) is 0 Å². The van der Waals surface area contributed by atoms with Crippen molar-refractivity contribution in [3.63, 3.8) is 0 Å². The summed E-state index contributed by atoms with van der Waals surface area (Å²) in [7, 11) is 0. The average molecular weight is 379 g/mol. The van der Waals surface area contributed by atoms with Crippen LogP contribution in [-0.4, -0.2) is 52.6 Å². The Hall–Kier alpha value is -2.95. The van der Waals surface area contributed by atoms with Gasteiger partial charge in [-0.05, 0) is 45.0 Å². The van der Waals surface area contributed by atoms with E-state index in [0.29, 0.717) is 11.3 Å². The summed E-state index contributed by atoms with van der Waals surface area (Å²) >= 11 is 0. The second-order valence-corrected chi connectivity index (χ2v) is 7.27. The van der Waals surface area contributed by atoms with Crippen LogP contribution in [0.3, 0.4) is 0 Å². The number of nitrogens with one attached hydrogen (secondary N) is 1. The summed E-state index contributed by atoms with van der Waals surface area (Å²) in [5.41, 5.74) is 5.88. The highest BCUT2D eigenvalue weighted by Crippen LogP contribution is 2.18. The highest BCUT2D eigenvalue weighted by atomic mass is 16.3. The highest BCUT2D eigenvalue weighted by molar-refractivity contribution is 6.10. The van der Waals surface area contributed by atoms with Gasteiger partial charge in [0, 0.05) is 31.4 Å². The van der Waals surface area contributed by atoms with Gasteiger partial charge < -0.3 is 21.1 Å². The first-order valence-electron chi connectivity index (χ1n) is 9.32. The van der Waals surface area contributed by atoms with Crippen molar-refractivity contribution in [2.75, 3.05) is 36.8 Å². The van der Waals surface area contributed by atoms with E-state index in [2.05, 4.69) is 32.0 Å². The van der Waals surface area contributed by atoms with E-state index in [1.165, 1.54) is 6.20 Å². The maximum atomic E-state index is 13.0. The topological polar surface area (TPSA) is 104 Å².